The molecule has 3 N–H and O–H groups in total. The molecular weight excluding hydrogens is 561 g/mol. The van der Waals surface area contributed by atoms with E-state index in [9.17, 15) is 36.0 Å². The second kappa shape index (κ2) is 10.8. The van der Waals surface area contributed by atoms with Crippen molar-refractivity contribution in [3.05, 3.63) is 72.9 Å². The topological polar surface area (TPSA) is 135 Å². The van der Waals surface area contributed by atoms with E-state index < -0.39 is 45.3 Å². The number of halogens is 4. The highest BCUT2D eigenvalue weighted by molar-refractivity contribution is 7.91. The summed E-state index contributed by atoms with van der Waals surface area (Å²) in [5, 5.41) is -0.213. The van der Waals surface area contributed by atoms with E-state index in [1.54, 1.807) is 4.90 Å². The number of likely N-dealkylation sites (tertiary alicyclic amines) is 1. The number of hydrogen-bond donors (Lipinski definition) is 2. The van der Waals surface area contributed by atoms with Gasteiger partial charge in [-0.25, -0.2) is 13.2 Å². The van der Waals surface area contributed by atoms with Gasteiger partial charge in [-0.3, -0.25) is 19.1 Å². The van der Waals surface area contributed by atoms with E-state index in [2.05, 4.69) is 4.98 Å². The number of rotatable bonds is 8. The number of sulfone groups is 1. The summed E-state index contributed by atoms with van der Waals surface area (Å²) in [6.45, 7) is 1.66. The SMILES string of the molecule is CCS(=O)(=O)c1ccc(Cl)cc1Cn1c(=O)[nH]c2cc(CN3CC[C@@H](CC(N)=O)C3)c(C(F)(F)F)cc2c1=O. The fourth-order valence-corrected chi connectivity index (χ4v) is 6.24. The predicted molar refractivity (Wildman–Crippen MR) is 139 cm³/mol. The average Bonchev–Trinajstić information content (AvgIpc) is 3.26. The zero-order chi connectivity index (χ0) is 28.7. The van der Waals surface area contributed by atoms with Crippen LogP contribution in [0.2, 0.25) is 5.02 Å². The van der Waals surface area contributed by atoms with E-state index in [-0.39, 0.29) is 56.6 Å². The van der Waals surface area contributed by atoms with Crippen molar-refractivity contribution < 1.29 is 26.4 Å². The van der Waals surface area contributed by atoms with E-state index in [0.29, 0.717) is 30.1 Å². The third-order valence-corrected chi connectivity index (χ3v) is 8.89. The van der Waals surface area contributed by atoms with Gasteiger partial charge in [0.2, 0.25) is 5.91 Å². The molecule has 1 aromatic heterocycles. The van der Waals surface area contributed by atoms with Crippen LogP contribution in [-0.2, 0) is 33.9 Å². The van der Waals surface area contributed by atoms with Gasteiger partial charge in [0.25, 0.3) is 5.56 Å². The molecule has 4 rings (SSSR count). The number of hydrogen-bond acceptors (Lipinski definition) is 6. The van der Waals surface area contributed by atoms with Crippen LogP contribution in [0.15, 0.2) is 44.8 Å². The first-order valence-electron chi connectivity index (χ1n) is 12.1. The van der Waals surface area contributed by atoms with Crippen molar-refractivity contribution in [1.82, 2.24) is 14.5 Å². The lowest BCUT2D eigenvalue weighted by Crippen LogP contribution is -2.36. The molecule has 0 saturated carbocycles. The van der Waals surface area contributed by atoms with Crippen LogP contribution in [0.4, 0.5) is 13.2 Å². The fourth-order valence-electron chi connectivity index (χ4n) is 4.93. The predicted octanol–water partition coefficient (Wildman–Crippen LogP) is 2.90. The van der Waals surface area contributed by atoms with E-state index in [0.717, 1.165) is 6.07 Å². The molecule has 1 fully saturated rings. The Labute approximate surface area is 226 Å². The van der Waals surface area contributed by atoms with E-state index in [1.165, 1.54) is 25.1 Å². The Bertz CT molecular complexity index is 1670. The van der Waals surface area contributed by atoms with Gasteiger partial charge in [0.15, 0.2) is 9.84 Å². The smallest absolute Gasteiger partial charge is 0.370 e. The summed E-state index contributed by atoms with van der Waals surface area (Å²) in [6.07, 6.45) is -4.04. The number of nitrogens with zero attached hydrogens (tertiary/aromatic N) is 2. The minimum atomic E-state index is -4.79. The Kier molecular flexibility index (Phi) is 7.97. The third kappa shape index (κ3) is 6.20. The summed E-state index contributed by atoms with van der Waals surface area (Å²) in [7, 11) is -3.75. The lowest BCUT2D eigenvalue weighted by molar-refractivity contribution is -0.138. The molecular formula is C25H26ClF3N4O5S. The van der Waals surface area contributed by atoms with Gasteiger partial charge in [0, 0.05) is 24.5 Å². The van der Waals surface area contributed by atoms with Gasteiger partial charge in [-0.05, 0) is 60.3 Å². The first kappa shape index (κ1) is 28.8. The van der Waals surface area contributed by atoms with Crippen molar-refractivity contribution in [3.63, 3.8) is 0 Å². The van der Waals surface area contributed by atoms with Gasteiger partial charge in [-0.15, -0.1) is 0 Å². The summed E-state index contributed by atoms with van der Waals surface area (Å²) in [6, 6.07) is 5.76. The van der Waals surface area contributed by atoms with Crippen molar-refractivity contribution in [2.24, 2.45) is 11.7 Å². The summed E-state index contributed by atoms with van der Waals surface area (Å²) < 4.78 is 68.0. The molecule has 2 aromatic carbocycles. The van der Waals surface area contributed by atoms with Crippen LogP contribution in [0.25, 0.3) is 10.9 Å². The lowest BCUT2D eigenvalue weighted by atomic mass is 10.0. The Hall–Kier alpha value is -3.16. The zero-order valence-corrected chi connectivity index (χ0v) is 22.4. The number of primary amides is 1. The number of carbonyl (C=O) groups is 1. The lowest BCUT2D eigenvalue weighted by Gasteiger charge is -2.20. The van der Waals surface area contributed by atoms with Gasteiger partial charge >= 0.3 is 11.9 Å². The number of nitrogens with one attached hydrogen (secondary N) is 1. The highest BCUT2D eigenvalue weighted by atomic mass is 35.5. The van der Waals surface area contributed by atoms with Crippen molar-refractivity contribution in [3.8, 4) is 0 Å². The summed E-state index contributed by atoms with van der Waals surface area (Å²) >= 11 is 6.02. The second-order valence-corrected chi connectivity index (χ2v) is 12.3. The fraction of sp³-hybridized carbons (Fsp3) is 0.400. The first-order chi connectivity index (χ1) is 18.2. The molecule has 2 heterocycles. The maximum absolute atomic E-state index is 14.1. The van der Waals surface area contributed by atoms with Gasteiger partial charge in [-0.2, -0.15) is 13.2 Å². The highest BCUT2D eigenvalue weighted by Crippen LogP contribution is 2.35. The monoisotopic (exact) mass is 586 g/mol. The van der Waals surface area contributed by atoms with Crippen molar-refractivity contribution >= 4 is 38.2 Å². The van der Waals surface area contributed by atoms with Gasteiger partial charge < -0.3 is 10.7 Å². The van der Waals surface area contributed by atoms with Gasteiger partial charge in [-0.1, -0.05) is 18.5 Å². The molecule has 0 unspecified atom stereocenters. The molecule has 39 heavy (non-hydrogen) atoms. The van der Waals surface area contributed by atoms with Crippen LogP contribution in [0.3, 0.4) is 0 Å². The second-order valence-electron chi connectivity index (χ2n) is 9.59. The molecule has 1 aliphatic heterocycles. The molecule has 1 aliphatic rings. The Morgan fingerprint density at radius 3 is 2.51 bits per heavy atom. The highest BCUT2D eigenvalue weighted by Gasteiger charge is 2.35. The molecule has 0 spiro atoms. The number of alkyl halides is 3. The van der Waals surface area contributed by atoms with Crippen LogP contribution >= 0.6 is 11.6 Å². The molecule has 1 amide bonds. The molecule has 0 aliphatic carbocycles. The Morgan fingerprint density at radius 1 is 1.15 bits per heavy atom. The number of H-pyrrole nitrogens is 1. The number of aromatic nitrogens is 2. The van der Waals surface area contributed by atoms with E-state index in [1.807, 2.05) is 0 Å². The molecule has 0 bridgehead atoms. The van der Waals surface area contributed by atoms with Crippen molar-refractivity contribution in [2.75, 3.05) is 18.8 Å². The minimum Gasteiger partial charge on any atom is -0.370 e. The van der Waals surface area contributed by atoms with Crippen LogP contribution in [0, 0.1) is 5.92 Å². The molecule has 210 valence electrons. The number of carbonyl (C=O) groups excluding carboxylic acids is 1. The van der Waals surface area contributed by atoms with Crippen LogP contribution in [0.5, 0.6) is 0 Å². The van der Waals surface area contributed by atoms with Crippen molar-refractivity contribution in [1.29, 1.82) is 0 Å². The van der Waals surface area contributed by atoms with Crippen LogP contribution < -0.4 is 17.0 Å². The van der Waals surface area contributed by atoms with Gasteiger partial charge in [0.05, 0.1) is 33.7 Å². The number of benzene rings is 2. The van der Waals surface area contributed by atoms with Gasteiger partial charge in [0.1, 0.15) is 0 Å². The summed E-state index contributed by atoms with van der Waals surface area (Å²) in [4.78, 5) is 41.5. The summed E-state index contributed by atoms with van der Waals surface area (Å²) in [5.41, 5.74) is 2.14. The number of amides is 1. The molecule has 3 aromatic rings. The third-order valence-electron chi connectivity index (χ3n) is 6.83. The minimum absolute atomic E-state index is 0.0581. The van der Waals surface area contributed by atoms with Crippen LogP contribution in [-0.4, -0.2) is 47.6 Å². The molecule has 1 atom stereocenters. The maximum Gasteiger partial charge on any atom is 0.416 e. The molecule has 9 nitrogen and oxygen atoms in total. The summed E-state index contributed by atoms with van der Waals surface area (Å²) in [5.74, 6) is -0.783. The zero-order valence-electron chi connectivity index (χ0n) is 20.8. The normalized spacial score (nSPS) is 16.7. The quantitative estimate of drug-likeness (QED) is 0.417. The largest absolute Gasteiger partial charge is 0.416 e. The number of fused-ring (bicyclic) bond motifs is 1. The molecule has 14 heteroatoms. The van der Waals surface area contributed by atoms with Crippen LogP contribution in [0.1, 0.15) is 36.5 Å². The van der Waals surface area contributed by atoms with E-state index >= 15 is 0 Å². The standard InChI is InChI=1S/C25H26ClF3N4O5S/c1-2-39(37,38)21-4-3-17(26)8-16(21)13-33-23(35)18-10-19(25(27,28)29)15(9-20(18)31-24(33)36)12-32-6-5-14(11-32)7-22(30)34/h3-4,8-10,14H,2,5-7,11-13H2,1H3,(H2,30,34)(H,31,36)/t14-/m0/s1. The molecule has 0 radical (unpaired) electrons. The number of aromatic amines is 1. The Balaban J connectivity index is 1.78. The number of nitrogens with two attached hydrogens (primary N) is 1. The average molecular weight is 587 g/mol. The Morgan fingerprint density at radius 2 is 1.87 bits per heavy atom. The maximum atomic E-state index is 14.1. The molecule has 1 saturated heterocycles. The van der Waals surface area contributed by atoms with Crippen molar-refractivity contribution in [2.45, 2.75) is 43.9 Å². The van der Waals surface area contributed by atoms with E-state index in [4.69, 9.17) is 17.3 Å². The first-order valence-corrected chi connectivity index (χ1v) is 14.1.